The molecular weight excluding hydrogens is 248 g/mol. The van der Waals surface area contributed by atoms with Crippen LogP contribution < -0.4 is 5.32 Å². The highest BCUT2D eigenvalue weighted by molar-refractivity contribution is 6.20. The summed E-state index contributed by atoms with van der Waals surface area (Å²) in [5, 5.41) is 8.15. The van der Waals surface area contributed by atoms with E-state index in [0.717, 1.165) is 37.7 Å². The first-order chi connectivity index (χ1) is 8.66. The van der Waals surface area contributed by atoms with Crippen molar-refractivity contribution >= 4 is 11.6 Å². The summed E-state index contributed by atoms with van der Waals surface area (Å²) in [6.45, 7) is 6.12. The Morgan fingerprint density at radius 3 is 2.78 bits per heavy atom. The van der Waals surface area contributed by atoms with Gasteiger partial charge in [-0.3, -0.25) is 0 Å². The summed E-state index contributed by atoms with van der Waals surface area (Å²) in [6, 6.07) is 0.371. The predicted octanol–water partition coefficient (Wildman–Crippen LogP) is 2.75. The molecule has 2 rings (SSSR count). The molecule has 0 aliphatic heterocycles. The second kappa shape index (κ2) is 6.53. The molecule has 18 heavy (non-hydrogen) atoms. The van der Waals surface area contributed by atoms with E-state index in [1.54, 1.807) is 6.33 Å². The Balaban J connectivity index is 1.73. The van der Waals surface area contributed by atoms with Gasteiger partial charge < -0.3 is 5.32 Å². The fraction of sp³-hybridized carbons (Fsp3) is 0.846. The Morgan fingerprint density at radius 1 is 1.39 bits per heavy atom. The molecule has 1 aromatic rings. The van der Waals surface area contributed by atoms with E-state index in [1.165, 1.54) is 12.8 Å². The van der Waals surface area contributed by atoms with Gasteiger partial charge in [0.1, 0.15) is 12.2 Å². The van der Waals surface area contributed by atoms with E-state index in [0.29, 0.717) is 11.4 Å². The third kappa shape index (κ3) is 3.69. The van der Waals surface area contributed by atoms with Crippen molar-refractivity contribution < 1.29 is 0 Å². The first-order valence-corrected chi connectivity index (χ1v) is 7.33. The molecule has 0 spiro atoms. The first kappa shape index (κ1) is 13.8. The van der Waals surface area contributed by atoms with E-state index in [4.69, 9.17) is 11.6 Å². The standard InChI is InChI=1S/C13H23ClN4/c1-10(2)18-13(16-9-17-18)8-15-7-11-3-5-12(14)6-4-11/h9-12,15H,3-8H2,1-2H3. The summed E-state index contributed by atoms with van der Waals surface area (Å²) in [5.74, 6) is 1.80. The van der Waals surface area contributed by atoms with E-state index in [2.05, 4.69) is 29.2 Å². The number of rotatable bonds is 5. The van der Waals surface area contributed by atoms with Crippen LogP contribution in [0.3, 0.4) is 0 Å². The van der Waals surface area contributed by atoms with Gasteiger partial charge in [0.15, 0.2) is 0 Å². The first-order valence-electron chi connectivity index (χ1n) is 6.90. The van der Waals surface area contributed by atoms with E-state index >= 15 is 0 Å². The van der Waals surface area contributed by atoms with Crippen LogP contribution in [0.2, 0.25) is 0 Å². The molecule has 1 aromatic heterocycles. The summed E-state index contributed by atoms with van der Waals surface area (Å²) in [7, 11) is 0. The van der Waals surface area contributed by atoms with Gasteiger partial charge in [-0.1, -0.05) is 0 Å². The highest BCUT2D eigenvalue weighted by atomic mass is 35.5. The van der Waals surface area contributed by atoms with Gasteiger partial charge in [0.2, 0.25) is 0 Å². The zero-order valence-electron chi connectivity index (χ0n) is 11.3. The SMILES string of the molecule is CC(C)n1ncnc1CNCC1CCC(Cl)CC1. The molecule has 5 heteroatoms. The molecule has 0 unspecified atom stereocenters. The molecule has 1 aliphatic carbocycles. The monoisotopic (exact) mass is 270 g/mol. The smallest absolute Gasteiger partial charge is 0.141 e. The average Bonchev–Trinajstić information content (AvgIpc) is 2.80. The normalized spacial score (nSPS) is 24.7. The zero-order chi connectivity index (χ0) is 13.0. The molecule has 0 saturated heterocycles. The summed E-state index contributed by atoms with van der Waals surface area (Å²) in [6.07, 6.45) is 6.46. The Morgan fingerprint density at radius 2 is 2.11 bits per heavy atom. The highest BCUT2D eigenvalue weighted by Crippen LogP contribution is 2.26. The molecule has 1 heterocycles. The summed E-state index contributed by atoms with van der Waals surface area (Å²) in [4.78, 5) is 4.30. The van der Waals surface area contributed by atoms with Crippen molar-refractivity contribution in [2.45, 2.75) is 57.5 Å². The van der Waals surface area contributed by atoms with E-state index in [1.807, 2.05) is 4.68 Å². The summed E-state index contributed by atoms with van der Waals surface area (Å²) in [5.41, 5.74) is 0. The predicted molar refractivity (Wildman–Crippen MR) is 73.7 cm³/mol. The Kier molecular flexibility index (Phi) is 5.01. The van der Waals surface area contributed by atoms with Crippen LogP contribution in [0.4, 0.5) is 0 Å². The number of hydrogen-bond acceptors (Lipinski definition) is 3. The van der Waals surface area contributed by atoms with Crippen molar-refractivity contribution in [1.29, 1.82) is 0 Å². The number of nitrogens with zero attached hydrogens (tertiary/aromatic N) is 3. The fourth-order valence-electron chi connectivity index (χ4n) is 2.55. The largest absolute Gasteiger partial charge is 0.310 e. The average molecular weight is 271 g/mol. The Hall–Kier alpha value is -0.610. The van der Waals surface area contributed by atoms with Gasteiger partial charge in [0.25, 0.3) is 0 Å². The van der Waals surface area contributed by atoms with E-state index < -0.39 is 0 Å². The van der Waals surface area contributed by atoms with Crippen LogP contribution in [0.25, 0.3) is 0 Å². The molecule has 0 atom stereocenters. The van der Waals surface area contributed by atoms with Gasteiger partial charge in [0.05, 0.1) is 6.54 Å². The number of hydrogen-bond donors (Lipinski definition) is 1. The van der Waals surface area contributed by atoms with Crippen molar-refractivity contribution in [3.05, 3.63) is 12.2 Å². The maximum atomic E-state index is 6.11. The quantitative estimate of drug-likeness (QED) is 0.837. The van der Waals surface area contributed by atoms with E-state index in [9.17, 15) is 0 Å². The molecule has 102 valence electrons. The van der Waals surface area contributed by atoms with Crippen molar-refractivity contribution in [3.63, 3.8) is 0 Å². The highest BCUT2D eigenvalue weighted by Gasteiger charge is 2.19. The molecular formula is C13H23ClN4. The van der Waals surface area contributed by atoms with Crippen molar-refractivity contribution in [2.75, 3.05) is 6.54 Å². The van der Waals surface area contributed by atoms with Crippen LogP contribution in [-0.4, -0.2) is 26.7 Å². The van der Waals surface area contributed by atoms with Gasteiger partial charge in [-0.25, -0.2) is 9.67 Å². The van der Waals surface area contributed by atoms with Gasteiger partial charge >= 0.3 is 0 Å². The number of aromatic nitrogens is 3. The maximum Gasteiger partial charge on any atom is 0.141 e. The van der Waals surface area contributed by atoms with Gasteiger partial charge in [-0.05, 0) is 52.0 Å². The molecule has 0 aromatic carbocycles. The van der Waals surface area contributed by atoms with Crippen LogP contribution >= 0.6 is 11.6 Å². The fourth-order valence-corrected chi connectivity index (χ4v) is 2.80. The number of halogens is 1. The molecule has 0 amide bonds. The summed E-state index contributed by atoms with van der Waals surface area (Å²) < 4.78 is 1.97. The molecule has 0 radical (unpaired) electrons. The van der Waals surface area contributed by atoms with E-state index in [-0.39, 0.29) is 0 Å². The van der Waals surface area contributed by atoms with Crippen LogP contribution in [0, 0.1) is 5.92 Å². The van der Waals surface area contributed by atoms with Crippen LogP contribution in [0.1, 0.15) is 51.4 Å². The number of nitrogens with one attached hydrogen (secondary N) is 1. The minimum Gasteiger partial charge on any atom is -0.310 e. The number of alkyl halides is 1. The molecule has 1 fully saturated rings. The Labute approximate surface area is 114 Å². The van der Waals surface area contributed by atoms with Crippen molar-refractivity contribution in [3.8, 4) is 0 Å². The zero-order valence-corrected chi connectivity index (χ0v) is 12.0. The second-order valence-corrected chi connectivity index (χ2v) is 6.08. The minimum absolute atomic E-state index is 0.371. The molecule has 0 bridgehead atoms. The van der Waals surface area contributed by atoms with Crippen molar-refractivity contribution in [1.82, 2.24) is 20.1 Å². The van der Waals surface area contributed by atoms with Gasteiger partial charge in [-0.2, -0.15) is 5.10 Å². The molecule has 1 aliphatic rings. The topological polar surface area (TPSA) is 42.7 Å². The van der Waals surface area contributed by atoms with Gasteiger partial charge in [0, 0.05) is 11.4 Å². The lowest BCUT2D eigenvalue weighted by Gasteiger charge is -2.25. The molecule has 1 N–H and O–H groups in total. The van der Waals surface area contributed by atoms with Crippen molar-refractivity contribution in [2.24, 2.45) is 5.92 Å². The second-order valence-electron chi connectivity index (χ2n) is 5.46. The lowest BCUT2D eigenvalue weighted by Crippen LogP contribution is -2.27. The Bertz CT molecular complexity index is 356. The van der Waals surface area contributed by atoms with Crippen LogP contribution in [0.5, 0.6) is 0 Å². The third-order valence-electron chi connectivity index (χ3n) is 3.63. The lowest BCUT2D eigenvalue weighted by molar-refractivity contribution is 0.342. The molecule has 1 saturated carbocycles. The van der Waals surface area contributed by atoms with Gasteiger partial charge in [-0.15, -0.1) is 11.6 Å². The third-order valence-corrected chi connectivity index (χ3v) is 4.07. The lowest BCUT2D eigenvalue weighted by atomic mass is 9.89. The molecule has 4 nitrogen and oxygen atoms in total. The minimum atomic E-state index is 0.371. The van der Waals surface area contributed by atoms with Crippen LogP contribution in [-0.2, 0) is 6.54 Å². The maximum absolute atomic E-state index is 6.11. The summed E-state index contributed by atoms with van der Waals surface area (Å²) >= 11 is 6.11. The van der Waals surface area contributed by atoms with Crippen LogP contribution in [0.15, 0.2) is 6.33 Å².